The fraction of sp³-hybridized carbons (Fsp3) is 0.273. The van der Waals surface area contributed by atoms with Crippen LogP contribution >= 0.6 is 0 Å². The summed E-state index contributed by atoms with van der Waals surface area (Å²) in [5.74, 6) is 0.800. The minimum atomic E-state index is -0.703. The molecular weight excluding hydrogens is 238 g/mol. The number of hydrogen-bond acceptors (Lipinski definition) is 7. The van der Waals surface area contributed by atoms with Gasteiger partial charge >= 0.3 is 0 Å². The third-order valence-electron chi connectivity index (χ3n) is 2.39. The Morgan fingerprint density at radius 2 is 2.28 bits per heavy atom. The van der Waals surface area contributed by atoms with E-state index in [-0.39, 0.29) is 18.2 Å². The number of hydrogen-bond donors (Lipinski definition) is 3. The second kappa shape index (κ2) is 5.03. The number of methoxy groups -OCH3 is 1. The molecule has 1 unspecified atom stereocenters. The summed E-state index contributed by atoms with van der Waals surface area (Å²) in [6.45, 7) is -0.277. The largest absolute Gasteiger partial charge is 0.504 e. The molecule has 7 heteroatoms. The first-order valence-corrected chi connectivity index (χ1v) is 5.23. The van der Waals surface area contributed by atoms with Gasteiger partial charge in [0.2, 0.25) is 11.7 Å². The summed E-state index contributed by atoms with van der Waals surface area (Å²) >= 11 is 0. The molecule has 1 atom stereocenters. The Kier molecular flexibility index (Phi) is 3.45. The van der Waals surface area contributed by atoms with Crippen molar-refractivity contribution in [2.45, 2.75) is 6.04 Å². The van der Waals surface area contributed by atoms with Gasteiger partial charge in [0.05, 0.1) is 13.7 Å². The highest BCUT2D eigenvalue weighted by Crippen LogP contribution is 2.30. The van der Waals surface area contributed by atoms with E-state index in [4.69, 9.17) is 20.1 Å². The van der Waals surface area contributed by atoms with E-state index in [9.17, 15) is 5.11 Å². The van der Waals surface area contributed by atoms with Gasteiger partial charge in [-0.25, -0.2) is 0 Å². The Balaban J connectivity index is 2.34. The molecule has 0 radical (unpaired) electrons. The molecule has 0 aliphatic carbocycles. The van der Waals surface area contributed by atoms with Crippen LogP contribution in [-0.2, 0) is 0 Å². The van der Waals surface area contributed by atoms with Gasteiger partial charge in [-0.1, -0.05) is 5.16 Å². The van der Waals surface area contributed by atoms with Crippen LogP contribution in [0.5, 0.6) is 11.5 Å². The molecule has 0 saturated heterocycles. The maximum atomic E-state index is 9.47. The van der Waals surface area contributed by atoms with Gasteiger partial charge < -0.3 is 25.2 Å². The van der Waals surface area contributed by atoms with Gasteiger partial charge in [0.1, 0.15) is 6.04 Å². The van der Waals surface area contributed by atoms with Crippen molar-refractivity contribution in [2.24, 2.45) is 5.73 Å². The lowest BCUT2D eigenvalue weighted by molar-refractivity contribution is 0.237. The third-order valence-corrected chi connectivity index (χ3v) is 2.39. The van der Waals surface area contributed by atoms with E-state index in [0.717, 1.165) is 0 Å². The van der Waals surface area contributed by atoms with Gasteiger partial charge in [-0.15, -0.1) is 0 Å². The standard InChI is InChI=1S/C11H13N3O4/c1-17-9-4-6(2-3-8(9)16)10-13-11(18-14-10)7(12)5-15/h2-4,7,15-16H,5,12H2,1H3. The van der Waals surface area contributed by atoms with Crippen LogP contribution in [-0.4, -0.2) is 34.1 Å². The molecule has 0 amide bonds. The summed E-state index contributed by atoms with van der Waals surface area (Å²) in [5, 5.41) is 22.1. The summed E-state index contributed by atoms with van der Waals surface area (Å²) in [4.78, 5) is 4.06. The summed E-state index contributed by atoms with van der Waals surface area (Å²) in [5.41, 5.74) is 6.17. The molecule has 0 fully saturated rings. The van der Waals surface area contributed by atoms with E-state index >= 15 is 0 Å². The lowest BCUT2D eigenvalue weighted by atomic mass is 10.2. The van der Waals surface area contributed by atoms with E-state index in [1.54, 1.807) is 12.1 Å². The summed E-state index contributed by atoms with van der Waals surface area (Å²) in [7, 11) is 1.45. The van der Waals surface area contributed by atoms with Crippen LogP contribution in [0.3, 0.4) is 0 Å². The van der Waals surface area contributed by atoms with Gasteiger partial charge in [0, 0.05) is 5.56 Å². The van der Waals surface area contributed by atoms with Gasteiger partial charge in [0.15, 0.2) is 11.5 Å². The Morgan fingerprint density at radius 1 is 1.50 bits per heavy atom. The third kappa shape index (κ3) is 2.27. The van der Waals surface area contributed by atoms with E-state index in [1.807, 2.05) is 0 Å². The first-order valence-electron chi connectivity index (χ1n) is 5.23. The Hall–Kier alpha value is -2.12. The molecule has 1 heterocycles. The van der Waals surface area contributed by atoms with Crippen molar-refractivity contribution >= 4 is 0 Å². The number of rotatable bonds is 4. The molecule has 0 aliphatic heterocycles. The van der Waals surface area contributed by atoms with Gasteiger partial charge in [0.25, 0.3) is 0 Å². The molecule has 2 aromatic rings. The van der Waals surface area contributed by atoms with Crippen LogP contribution < -0.4 is 10.5 Å². The fourth-order valence-electron chi connectivity index (χ4n) is 1.40. The van der Waals surface area contributed by atoms with Crippen LogP contribution in [0.4, 0.5) is 0 Å². The number of phenolic OH excluding ortho intramolecular Hbond substituents is 1. The number of ether oxygens (including phenoxy) is 1. The van der Waals surface area contributed by atoms with Crippen molar-refractivity contribution in [1.82, 2.24) is 10.1 Å². The van der Waals surface area contributed by atoms with Crippen molar-refractivity contribution in [3.8, 4) is 22.9 Å². The average molecular weight is 251 g/mol. The molecule has 0 bridgehead atoms. The quantitative estimate of drug-likeness (QED) is 0.722. The zero-order valence-corrected chi connectivity index (χ0v) is 9.70. The minimum absolute atomic E-state index is 0.0250. The highest BCUT2D eigenvalue weighted by molar-refractivity contribution is 5.60. The van der Waals surface area contributed by atoms with Crippen LogP contribution in [0, 0.1) is 0 Å². The van der Waals surface area contributed by atoms with Crippen molar-refractivity contribution in [2.75, 3.05) is 13.7 Å². The fourth-order valence-corrected chi connectivity index (χ4v) is 1.40. The monoisotopic (exact) mass is 251 g/mol. The number of aliphatic hydroxyl groups excluding tert-OH is 1. The number of aromatic nitrogens is 2. The molecule has 0 aliphatic rings. The van der Waals surface area contributed by atoms with Crippen molar-refractivity contribution in [3.05, 3.63) is 24.1 Å². The summed E-state index contributed by atoms with van der Waals surface area (Å²) in [6.07, 6.45) is 0. The molecular formula is C11H13N3O4. The number of nitrogens with zero attached hydrogens (tertiary/aromatic N) is 2. The Bertz CT molecular complexity index is 541. The predicted octanol–water partition coefficient (Wildman–Crippen LogP) is 0.443. The Labute approximate surface area is 103 Å². The zero-order chi connectivity index (χ0) is 13.1. The maximum Gasteiger partial charge on any atom is 0.246 e. The second-order valence-corrected chi connectivity index (χ2v) is 3.63. The molecule has 18 heavy (non-hydrogen) atoms. The molecule has 2 rings (SSSR count). The first kappa shape index (κ1) is 12.3. The van der Waals surface area contributed by atoms with Crippen LogP contribution in [0.2, 0.25) is 0 Å². The topological polar surface area (TPSA) is 115 Å². The van der Waals surface area contributed by atoms with E-state index in [0.29, 0.717) is 17.1 Å². The molecule has 0 saturated carbocycles. The smallest absolute Gasteiger partial charge is 0.246 e. The molecule has 4 N–H and O–H groups in total. The zero-order valence-electron chi connectivity index (χ0n) is 9.70. The summed E-state index contributed by atoms with van der Waals surface area (Å²) in [6, 6.07) is 3.96. The first-order chi connectivity index (χ1) is 8.65. The number of phenols is 1. The number of aromatic hydroxyl groups is 1. The SMILES string of the molecule is COc1cc(-c2noc(C(N)CO)n2)ccc1O. The average Bonchev–Trinajstić information content (AvgIpc) is 2.88. The number of aliphatic hydroxyl groups is 1. The molecule has 96 valence electrons. The summed E-state index contributed by atoms with van der Waals surface area (Å²) < 4.78 is 9.91. The van der Waals surface area contributed by atoms with Gasteiger partial charge in [-0.3, -0.25) is 0 Å². The van der Waals surface area contributed by atoms with Crippen LogP contribution in [0.15, 0.2) is 22.7 Å². The van der Waals surface area contributed by atoms with Crippen LogP contribution in [0.25, 0.3) is 11.4 Å². The normalized spacial score (nSPS) is 12.4. The van der Waals surface area contributed by atoms with Gasteiger partial charge in [-0.05, 0) is 18.2 Å². The van der Waals surface area contributed by atoms with E-state index in [2.05, 4.69) is 10.1 Å². The lowest BCUT2D eigenvalue weighted by Gasteiger charge is -2.03. The van der Waals surface area contributed by atoms with Crippen molar-refractivity contribution in [1.29, 1.82) is 0 Å². The molecule has 1 aromatic carbocycles. The van der Waals surface area contributed by atoms with Crippen molar-refractivity contribution in [3.63, 3.8) is 0 Å². The van der Waals surface area contributed by atoms with Crippen LogP contribution in [0.1, 0.15) is 11.9 Å². The Morgan fingerprint density at radius 3 is 2.94 bits per heavy atom. The molecule has 1 aromatic heterocycles. The highest BCUT2D eigenvalue weighted by Gasteiger charge is 2.15. The number of nitrogens with two attached hydrogens (primary N) is 1. The second-order valence-electron chi connectivity index (χ2n) is 3.63. The highest BCUT2D eigenvalue weighted by atomic mass is 16.5. The maximum absolute atomic E-state index is 9.47. The van der Waals surface area contributed by atoms with Gasteiger partial charge in [-0.2, -0.15) is 4.98 Å². The van der Waals surface area contributed by atoms with E-state index < -0.39 is 6.04 Å². The predicted molar refractivity (Wildman–Crippen MR) is 62.0 cm³/mol. The minimum Gasteiger partial charge on any atom is -0.504 e. The lowest BCUT2D eigenvalue weighted by Crippen LogP contribution is -2.14. The van der Waals surface area contributed by atoms with Crippen molar-refractivity contribution < 1.29 is 19.5 Å². The van der Waals surface area contributed by atoms with E-state index in [1.165, 1.54) is 13.2 Å². The molecule has 0 spiro atoms. The molecule has 7 nitrogen and oxygen atoms in total. The number of benzene rings is 1.